The van der Waals surface area contributed by atoms with Crippen molar-refractivity contribution in [2.45, 2.75) is 13.3 Å². The van der Waals surface area contributed by atoms with E-state index < -0.39 is 11.4 Å². The van der Waals surface area contributed by atoms with Gasteiger partial charge in [-0.1, -0.05) is 0 Å². The number of hydrogen-bond acceptors (Lipinski definition) is 4. The van der Waals surface area contributed by atoms with Crippen LogP contribution >= 0.6 is 0 Å². The third kappa shape index (κ3) is 2.24. The van der Waals surface area contributed by atoms with Gasteiger partial charge >= 0.3 is 0 Å². The summed E-state index contributed by atoms with van der Waals surface area (Å²) in [7, 11) is 0. The monoisotopic (exact) mass is 276 g/mol. The number of rotatable bonds is 1. The molecule has 2 heterocycles. The number of nitrogens with one attached hydrogen (secondary N) is 1. The van der Waals surface area contributed by atoms with Crippen molar-refractivity contribution >= 4 is 0 Å². The molecule has 1 aliphatic rings. The van der Waals surface area contributed by atoms with Crippen molar-refractivity contribution in [3.05, 3.63) is 40.1 Å². The summed E-state index contributed by atoms with van der Waals surface area (Å²) in [6.45, 7) is 2.64. The summed E-state index contributed by atoms with van der Waals surface area (Å²) < 4.78 is 24.4. The van der Waals surface area contributed by atoms with Gasteiger partial charge in [-0.15, -0.1) is 0 Å². The summed E-state index contributed by atoms with van der Waals surface area (Å²) in [5, 5.41) is 0. The largest absolute Gasteiger partial charge is 0.490 e. The summed E-state index contributed by atoms with van der Waals surface area (Å²) in [4.78, 5) is 17.9. The normalized spacial score (nSPS) is 13.9. The van der Waals surface area contributed by atoms with E-state index in [9.17, 15) is 9.18 Å². The Labute approximate surface area is 114 Å². The molecule has 6 heteroatoms. The summed E-state index contributed by atoms with van der Waals surface area (Å²) in [5.74, 6) is 0.713. The van der Waals surface area contributed by atoms with Crippen LogP contribution in [0.1, 0.15) is 12.1 Å². The molecule has 0 bridgehead atoms. The van der Waals surface area contributed by atoms with Crippen LogP contribution in [0, 0.1) is 12.7 Å². The van der Waals surface area contributed by atoms with Gasteiger partial charge in [0.05, 0.1) is 18.9 Å². The molecule has 0 amide bonds. The SMILES string of the molecule is Cc1nc(-c2ccc3c(c2)OCCCO3)[nH]c(=O)c1F. The summed E-state index contributed by atoms with van der Waals surface area (Å²) in [6, 6.07) is 5.24. The quantitative estimate of drug-likeness (QED) is 0.865. The molecule has 0 spiro atoms. The van der Waals surface area contributed by atoms with Crippen LogP contribution < -0.4 is 15.0 Å². The highest BCUT2D eigenvalue weighted by molar-refractivity contribution is 5.61. The lowest BCUT2D eigenvalue weighted by molar-refractivity contribution is 0.297. The Morgan fingerprint density at radius 1 is 1.25 bits per heavy atom. The van der Waals surface area contributed by atoms with Gasteiger partial charge in [0, 0.05) is 12.0 Å². The minimum absolute atomic E-state index is 0.0656. The fourth-order valence-corrected chi connectivity index (χ4v) is 2.02. The van der Waals surface area contributed by atoms with Crippen LogP contribution in [0.3, 0.4) is 0 Å². The molecule has 0 aliphatic carbocycles. The van der Waals surface area contributed by atoms with Gasteiger partial charge in [0.15, 0.2) is 11.5 Å². The van der Waals surface area contributed by atoms with Crippen molar-refractivity contribution in [1.82, 2.24) is 9.97 Å². The van der Waals surface area contributed by atoms with Gasteiger partial charge in [-0.25, -0.2) is 4.98 Å². The summed E-state index contributed by atoms with van der Waals surface area (Å²) >= 11 is 0. The average molecular weight is 276 g/mol. The van der Waals surface area contributed by atoms with Crippen molar-refractivity contribution < 1.29 is 13.9 Å². The Bertz CT molecular complexity index is 712. The second kappa shape index (κ2) is 4.96. The molecule has 2 aromatic rings. The fraction of sp³-hybridized carbons (Fsp3) is 0.286. The average Bonchev–Trinajstić information content (AvgIpc) is 2.68. The highest BCUT2D eigenvalue weighted by Gasteiger charge is 2.14. The van der Waals surface area contributed by atoms with Crippen LogP contribution in [0.25, 0.3) is 11.4 Å². The maximum atomic E-state index is 13.3. The molecular weight excluding hydrogens is 263 g/mol. The second-order valence-corrected chi connectivity index (χ2v) is 4.53. The third-order valence-electron chi connectivity index (χ3n) is 3.05. The van der Waals surface area contributed by atoms with Crippen molar-refractivity contribution in [3.8, 4) is 22.9 Å². The molecule has 1 aromatic carbocycles. The molecule has 0 fully saturated rings. The maximum Gasteiger partial charge on any atom is 0.287 e. The van der Waals surface area contributed by atoms with Crippen molar-refractivity contribution in [2.24, 2.45) is 0 Å². The first-order valence-electron chi connectivity index (χ1n) is 6.31. The molecule has 0 saturated heterocycles. The molecular formula is C14H13FN2O3. The zero-order valence-corrected chi connectivity index (χ0v) is 10.9. The Balaban J connectivity index is 2.07. The first-order valence-corrected chi connectivity index (χ1v) is 6.31. The lowest BCUT2D eigenvalue weighted by Crippen LogP contribution is -2.15. The number of halogens is 1. The summed E-state index contributed by atoms with van der Waals surface area (Å²) in [6.07, 6.45) is 0.814. The Hall–Kier alpha value is -2.37. The first kappa shape index (κ1) is 12.7. The maximum absolute atomic E-state index is 13.3. The lowest BCUT2D eigenvalue weighted by Gasteiger charge is -2.09. The van der Waals surface area contributed by atoms with E-state index in [4.69, 9.17) is 9.47 Å². The molecule has 20 heavy (non-hydrogen) atoms. The second-order valence-electron chi connectivity index (χ2n) is 4.53. The highest BCUT2D eigenvalue weighted by atomic mass is 19.1. The van der Waals surface area contributed by atoms with Crippen molar-refractivity contribution in [2.75, 3.05) is 13.2 Å². The lowest BCUT2D eigenvalue weighted by atomic mass is 10.2. The molecule has 0 saturated carbocycles. The molecule has 5 nitrogen and oxygen atoms in total. The van der Waals surface area contributed by atoms with Crippen LogP contribution in [0.15, 0.2) is 23.0 Å². The van der Waals surface area contributed by atoms with Gasteiger partial charge in [0.1, 0.15) is 5.82 Å². The Kier molecular flexibility index (Phi) is 3.14. The number of hydrogen-bond donors (Lipinski definition) is 1. The molecule has 3 rings (SSSR count). The van der Waals surface area contributed by atoms with Crippen molar-refractivity contribution in [3.63, 3.8) is 0 Å². The van der Waals surface area contributed by atoms with Crippen LogP contribution in [-0.2, 0) is 0 Å². The van der Waals surface area contributed by atoms with Crippen LogP contribution in [0.4, 0.5) is 4.39 Å². The van der Waals surface area contributed by atoms with E-state index >= 15 is 0 Å². The molecule has 0 atom stereocenters. The number of H-pyrrole nitrogens is 1. The van der Waals surface area contributed by atoms with Gasteiger partial charge in [-0.2, -0.15) is 4.39 Å². The van der Waals surface area contributed by atoms with E-state index in [0.29, 0.717) is 36.1 Å². The van der Waals surface area contributed by atoms with Gasteiger partial charge < -0.3 is 14.5 Å². The molecule has 1 aromatic heterocycles. The number of aryl methyl sites for hydroxylation is 1. The zero-order valence-electron chi connectivity index (χ0n) is 10.9. The van der Waals surface area contributed by atoms with Gasteiger partial charge in [0.25, 0.3) is 5.56 Å². The van der Waals surface area contributed by atoms with Crippen molar-refractivity contribution in [1.29, 1.82) is 0 Å². The molecule has 0 radical (unpaired) electrons. The van der Waals surface area contributed by atoms with Gasteiger partial charge in [-0.05, 0) is 25.1 Å². The number of ether oxygens (including phenoxy) is 2. The van der Waals surface area contributed by atoms with E-state index in [1.54, 1.807) is 18.2 Å². The van der Waals surface area contributed by atoms with E-state index in [0.717, 1.165) is 6.42 Å². The predicted molar refractivity (Wildman–Crippen MR) is 70.6 cm³/mol. The highest BCUT2D eigenvalue weighted by Crippen LogP contribution is 2.33. The topological polar surface area (TPSA) is 64.2 Å². The Morgan fingerprint density at radius 3 is 2.75 bits per heavy atom. The van der Waals surface area contributed by atoms with Gasteiger partial charge in [-0.3, -0.25) is 4.79 Å². The summed E-state index contributed by atoms with van der Waals surface area (Å²) in [5.41, 5.74) is -0.0649. The minimum atomic E-state index is -0.858. The molecule has 1 N–H and O–H groups in total. The van der Waals surface area contributed by atoms with Crippen LogP contribution in [0.5, 0.6) is 11.5 Å². The van der Waals surface area contributed by atoms with Crippen LogP contribution in [0.2, 0.25) is 0 Å². The number of benzene rings is 1. The van der Waals surface area contributed by atoms with Crippen LogP contribution in [-0.4, -0.2) is 23.2 Å². The fourth-order valence-electron chi connectivity index (χ4n) is 2.02. The smallest absolute Gasteiger partial charge is 0.287 e. The predicted octanol–water partition coefficient (Wildman–Crippen LogP) is 2.05. The molecule has 1 aliphatic heterocycles. The zero-order chi connectivity index (χ0) is 14.1. The van der Waals surface area contributed by atoms with E-state index in [1.807, 2.05) is 0 Å². The number of fused-ring (bicyclic) bond motifs is 1. The number of nitrogens with zero attached hydrogens (tertiary/aromatic N) is 1. The third-order valence-corrected chi connectivity index (χ3v) is 3.05. The Morgan fingerprint density at radius 2 is 2.00 bits per heavy atom. The molecule has 104 valence electrons. The van der Waals surface area contributed by atoms with E-state index in [2.05, 4.69) is 9.97 Å². The van der Waals surface area contributed by atoms with Gasteiger partial charge in [0.2, 0.25) is 5.82 Å². The van der Waals surface area contributed by atoms with E-state index in [-0.39, 0.29) is 5.69 Å². The number of aromatic nitrogens is 2. The minimum Gasteiger partial charge on any atom is -0.490 e. The molecule has 0 unspecified atom stereocenters. The standard InChI is InChI=1S/C14H13FN2O3/c1-8-12(15)14(18)17-13(16-8)9-3-4-10-11(7-9)20-6-2-5-19-10/h3-4,7H,2,5-6H2,1H3,(H,16,17,18). The van der Waals surface area contributed by atoms with E-state index in [1.165, 1.54) is 6.92 Å². The number of aromatic amines is 1. The first-order chi connectivity index (χ1) is 9.65.